The SMILES string of the molecule is CNc1cc(COc2ccccc2F)ccn1. The van der Waals surface area contributed by atoms with Gasteiger partial charge in [0.1, 0.15) is 12.4 Å². The standard InChI is InChI=1S/C13H13FN2O/c1-15-13-8-10(6-7-16-13)9-17-12-5-3-2-4-11(12)14/h2-8H,9H2,1H3,(H,15,16). The van der Waals surface area contributed by atoms with Crippen molar-refractivity contribution in [3.63, 3.8) is 0 Å². The lowest BCUT2D eigenvalue weighted by Crippen LogP contribution is -1.99. The molecule has 0 aliphatic rings. The molecule has 0 bridgehead atoms. The quantitative estimate of drug-likeness (QED) is 0.880. The monoisotopic (exact) mass is 232 g/mol. The van der Waals surface area contributed by atoms with E-state index in [2.05, 4.69) is 10.3 Å². The Morgan fingerprint density at radius 3 is 2.88 bits per heavy atom. The summed E-state index contributed by atoms with van der Waals surface area (Å²) in [6.07, 6.45) is 1.69. The lowest BCUT2D eigenvalue weighted by atomic mass is 10.2. The van der Waals surface area contributed by atoms with Crippen LogP contribution in [0.4, 0.5) is 10.2 Å². The number of hydrogen-bond donors (Lipinski definition) is 1. The number of rotatable bonds is 4. The largest absolute Gasteiger partial charge is 0.486 e. The number of halogens is 1. The fourth-order valence-electron chi connectivity index (χ4n) is 1.42. The van der Waals surface area contributed by atoms with Crippen LogP contribution in [0.1, 0.15) is 5.56 Å². The maximum atomic E-state index is 13.3. The summed E-state index contributed by atoms with van der Waals surface area (Å²) in [7, 11) is 1.80. The third-order valence-corrected chi connectivity index (χ3v) is 2.31. The highest BCUT2D eigenvalue weighted by Crippen LogP contribution is 2.17. The maximum absolute atomic E-state index is 13.3. The fourth-order valence-corrected chi connectivity index (χ4v) is 1.42. The molecule has 0 unspecified atom stereocenters. The summed E-state index contributed by atoms with van der Waals surface area (Å²) < 4.78 is 18.7. The molecule has 0 amide bonds. The Morgan fingerprint density at radius 1 is 1.29 bits per heavy atom. The zero-order valence-corrected chi connectivity index (χ0v) is 9.48. The summed E-state index contributed by atoms with van der Waals surface area (Å²) in [6, 6.07) is 10.1. The Kier molecular flexibility index (Phi) is 3.55. The van der Waals surface area contributed by atoms with Gasteiger partial charge in [0, 0.05) is 13.2 Å². The van der Waals surface area contributed by atoms with Crippen molar-refractivity contribution in [1.29, 1.82) is 0 Å². The van der Waals surface area contributed by atoms with Gasteiger partial charge in [-0.1, -0.05) is 12.1 Å². The molecular weight excluding hydrogens is 219 g/mol. The van der Waals surface area contributed by atoms with E-state index in [1.165, 1.54) is 6.07 Å². The molecule has 0 saturated carbocycles. The van der Waals surface area contributed by atoms with Gasteiger partial charge in [-0.15, -0.1) is 0 Å². The molecule has 88 valence electrons. The molecule has 0 saturated heterocycles. The molecule has 0 aliphatic carbocycles. The van der Waals surface area contributed by atoms with E-state index in [9.17, 15) is 4.39 Å². The van der Waals surface area contributed by atoms with Crippen molar-refractivity contribution in [2.24, 2.45) is 0 Å². The lowest BCUT2D eigenvalue weighted by Gasteiger charge is -2.07. The number of para-hydroxylation sites is 1. The Morgan fingerprint density at radius 2 is 2.12 bits per heavy atom. The second kappa shape index (κ2) is 5.30. The summed E-state index contributed by atoms with van der Waals surface area (Å²) in [5.41, 5.74) is 0.938. The molecule has 2 aromatic rings. The van der Waals surface area contributed by atoms with Gasteiger partial charge in [-0.25, -0.2) is 9.37 Å². The average molecular weight is 232 g/mol. The fraction of sp³-hybridized carbons (Fsp3) is 0.154. The van der Waals surface area contributed by atoms with Crippen LogP contribution >= 0.6 is 0 Å². The van der Waals surface area contributed by atoms with Crippen LogP contribution in [-0.4, -0.2) is 12.0 Å². The topological polar surface area (TPSA) is 34.1 Å². The van der Waals surface area contributed by atoms with Crippen molar-refractivity contribution in [3.05, 3.63) is 54.0 Å². The predicted molar refractivity (Wildman–Crippen MR) is 64.5 cm³/mol. The van der Waals surface area contributed by atoms with Crippen molar-refractivity contribution in [2.45, 2.75) is 6.61 Å². The van der Waals surface area contributed by atoms with Crippen LogP contribution in [0.25, 0.3) is 0 Å². The Balaban J connectivity index is 2.05. The molecule has 0 aliphatic heterocycles. The third-order valence-electron chi connectivity index (χ3n) is 2.31. The first-order chi connectivity index (χ1) is 8.29. The van der Waals surface area contributed by atoms with Crippen molar-refractivity contribution < 1.29 is 9.13 Å². The second-order valence-electron chi connectivity index (χ2n) is 3.52. The molecule has 4 heteroatoms. The van der Waals surface area contributed by atoms with E-state index in [1.54, 1.807) is 31.4 Å². The molecule has 0 atom stereocenters. The number of anilines is 1. The van der Waals surface area contributed by atoms with Crippen LogP contribution in [-0.2, 0) is 6.61 Å². The van der Waals surface area contributed by atoms with Gasteiger partial charge < -0.3 is 10.1 Å². The lowest BCUT2D eigenvalue weighted by molar-refractivity contribution is 0.290. The maximum Gasteiger partial charge on any atom is 0.165 e. The van der Waals surface area contributed by atoms with Crippen LogP contribution in [0.15, 0.2) is 42.6 Å². The molecule has 1 N–H and O–H groups in total. The number of pyridine rings is 1. The van der Waals surface area contributed by atoms with E-state index < -0.39 is 0 Å². The molecule has 0 radical (unpaired) electrons. The normalized spacial score (nSPS) is 10.0. The van der Waals surface area contributed by atoms with Gasteiger partial charge >= 0.3 is 0 Å². The van der Waals surface area contributed by atoms with Gasteiger partial charge in [0.15, 0.2) is 11.6 Å². The number of nitrogens with one attached hydrogen (secondary N) is 1. The van der Waals surface area contributed by atoms with E-state index >= 15 is 0 Å². The first kappa shape index (κ1) is 11.4. The molecule has 0 fully saturated rings. The van der Waals surface area contributed by atoms with E-state index in [0.29, 0.717) is 6.61 Å². The minimum atomic E-state index is -0.351. The van der Waals surface area contributed by atoms with E-state index in [-0.39, 0.29) is 11.6 Å². The highest BCUT2D eigenvalue weighted by Gasteiger charge is 2.02. The predicted octanol–water partition coefficient (Wildman–Crippen LogP) is 2.84. The van der Waals surface area contributed by atoms with Gasteiger partial charge in [0.05, 0.1) is 0 Å². The first-order valence-electron chi connectivity index (χ1n) is 5.29. The van der Waals surface area contributed by atoms with Crippen molar-refractivity contribution in [2.75, 3.05) is 12.4 Å². The van der Waals surface area contributed by atoms with E-state index in [0.717, 1.165) is 11.4 Å². The Labute approximate surface area is 99.3 Å². The molecule has 1 heterocycles. The van der Waals surface area contributed by atoms with E-state index in [4.69, 9.17) is 4.74 Å². The number of aromatic nitrogens is 1. The van der Waals surface area contributed by atoms with Crippen molar-refractivity contribution in [3.8, 4) is 5.75 Å². The highest BCUT2D eigenvalue weighted by molar-refractivity contribution is 5.36. The molecular formula is C13H13FN2O. The highest BCUT2D eigenvalue weighted by atomic mass is 19.1. The van der Waals surface area contributed by atoms with Crippen LogP contribution < -0.4 is 10.1 Å². The zero-order chi connectivity index (χ0) is 12.1. The summed E-state index contributed by atoms with van der Waals surface area (Å²) in [4.78, 5) is 4.09. The zero-order valence-electron chi connectivity index (χ0n) is 9.48. The van der Waals surface area contributed by atoms with Gasteiger partial charge in [-0.3, -0.25) is 0 Å². The number of nitrogens with zero attached hydrogens (tertiary/aromatic N) is 1. The smallest absolute Gasteiger partial charge is 0.165 e. The Bertz CT molecular complexity index is 502. The molecule has 1 aromatic carbocycles. The van der Waals surface area contributed by atoms with Gasteiger partial charge in [-0.2, -0.15) is 0 Å². The molecule has 3 nitrogen and oxygen atoms in total. The molecule has 0 spiro atoms. The van der Waals surface area contributed by atoms with Crippen LogP contribution in [0.2, 0.25) is 0 Å². The minimum Gasteiger partial charge on any atom is -0.486 e. The summed E-state index contributed by atoms with van der Waals surface area (Å²) >= 11 is 0. The second-order valence-corrected chi connectivity index (χ2v) is 3.52. The molecule has 17 heavy (non-hydrogen) atoms. The molecule has 2 rings (SSSR count). The van der Waals surface area contributed by atoms with Crippen molar-refractivity contribution in [1.82, 2.24) is 4.98 Å². The van der Waals surface area contributed by atoms with Gasteiger partial charge in [0.25, 0.3) is 0 Å². The number of benzene rings is 1. The van der Waals surface area contributed by atoms with E-state index in [1.807, 2.05) is 12.1 Å². The summed E-state index contributed by atoms with van der Waals surface area (Å²) in [5, 5.41) is 2.94. The Hall–Kier alpha value is -2.10. The third kappa shape index (κ3) is 2.93. The van der Waals surface area contributed by atoms with Crippen LogP contribution in [0.3, 0.4) is 0 Å². The van der Waals surface area contributed by atoms with Crippen LogP contribution in [0.5, 0.6) is 5.75 Å². The first-order valence-corrected chi connectivity index (χ1v) is 5.29. The summed E-state index contributed by atoms with van der Waals surface area (Å²) in [6.45, 7) is 0.318. The summed E-state index contributed by atoms with van der Waals surface area (Å²) in [5.74, 6) is 0.672. The average Bonchev–Trinajstić information content (AvgIpc) is 2.38. The van der Waals surface area contributed by atoms with Gasteiger partial charge in [0.2, 0.25) is 0 Å². The number of ether oxygens (including phenoxy) is 1. The van der Waals surface area contributed by atoms with Crippen molar-refractivity contribution >= 4 is 5.82 Å². The van der Waals surface area contributed by atoms with Gasteiger partial charge in [-0.05, 0) is 29.8 Å². The van der Waals surface area contributed by atoms with Crippen LogP contribution in [0, 0.1) is 5.82 Å². The number of hydrogen-bond acceptors (Lipinski definition) is 3. The minimum absolute atomic E-state index is 0.260. The molecule has 1 aromatic heterocycles.